The zero-order valence-corrected chi connectivity index (χ0v) is 11.4. The molecular weight excluding hydrogens is 242 g/mol. The van der Waals surface area contributed by atoms with Crippen LogP contribution >= 0.6 is 0 Å². The summed E-state index contributed by atoms with van der Waals surface area (Å²) in [5.74, 6) is 0.505. The topological polar surface area (TPSA) is 85.3 Å². The zero-order chi connectivity index (χ0) is 14.0. The highest BCUT2D eigenvalue weighted by Crippen LogP contribution is 2.17. The lowest BCUT2D eigenvalue weighted by Crippen LogP contribution is -2.48. The molecule has 0 unspecified atom stereocenters. The van der Waals surface area contributed by atoms with Crippen LogP contribution in [-0.2, 0) is 11.3 Å². The van der Waals surface area contributed by atoms with Gasteiger partial charge in [0, 0.05) is 6.20 Å². The number of pyridine rings is 1. The Kier molecular flexibility index (Phi) is 3.53. The van der Waals surface area contributed by atoms with E-state index in [0.29, 0.717) is 12.4 Å². The van der Waals surface area contributed by atoms with Crippen LogP contribution in [0.5, 0.6) is 0 Å². The Bertz CT molecular complexity index is 584. The quantitative estimate of drug-likeness (QED) is 0.852. The lowest BCUT2D eigenvalue weighted by molar-refractivity contribution is -0.124. The first-order valence-electron chi connectivity index (χ1n) is 6.21. The summed E-state index contributed by atoms with van der Waals surface area (Å²) in [6, 6.07) is 5.09. The predicted octanol–water partition coefficient (Wildman–Crippen LogP) is 0.719. The Balaban J connectivity index is 2.05. The molecule has 0 saturated carbocycles. The average Bonchev–Trinajstić information content (AvgIpc) is 2.77. The van der Waals surface area contributed by atoms with E-state index in [1.165, 1.54) is 0 Å². The molecule has 2 rings (SSSR count). The van der Waals surface area contributed by atoms with Crippen molar-refractivity contribution in [3.8, 4) is 0 Å². The number of carbonyl (C=O) groups excluding carboxylic acids is 1. The Morgan fingerprint density at radius 2 is 2.16 bits per heavy atom. The van der Waals surface area contributed by atoms with Gasteiger partial charge in [-0.15, -0.1) is 10.2 Å². The van der Waals surface area contributed by atoms with Gasteiger partial charge >= 0.3 is 0 Å². The molecule has 3 N–H and O–H groups in total. The van der Waals surface area contributed by atoms with E-state index in [-0.39, 0.29) is 11.3 Å². The summed E-state index contributed by atoms with van der Waals surface area (Å²) in [6.45, 7) is 6.12. The van der Waals surface area contributed by atoms with E-state index < -0.39 is 6.04 Å². The van der Waals surface area contributed by atoms with Gasteiger partial charge in [-0.1, -0.05) is 26.8 Å². The minimum absolute atomic E-state index is 0.180. The first-order chi connectivity index (χ1) is 8.89. The Morgan fingerprint density at radius 3 is 2.84 bits per heavy atom. The fourth-order valence-electron chi connectivity index (χ4n) is 1.68. The van der Waals surface area contributed by atoms with E-state index in [1.807, 2.05) is 49.6 Å². The van der Waals surface area contributed by atoms with E-state index in [2.05, 4.69) is 15.5 Å². The molecule has 0 saturated heterocycles. The first kappa shape index (κ1) is 13.5. The molecule has 0 bridgehead atoms. The van der Waals surface area contributed by atoms with Crippen LogP contribution in [0.15, 0.2) is 24.4 Å². The molecule has 2 aromatic heterocycles. The van der Waals surface area contributed by atoms with E-state index in [4.69, 9.17) is 5.73 Å². The summed E-state index contributed by atoms with van der Waals surface area (Å²) in [5.41, 5.74) is 6.38. The Morgan fingerprint density at radius 1 is 1.42 bits per heavy atom. The number of hydrogen-bond donors (Lipinski definition) is 2. The number of amides is 1. The van der Waals surface area contributed by atoms with Gasteiger partial charge in [0.1, 0.15) is 0 Å². The number of aromatic nitrogens is 3. The molecule has 0 aromatic carbocycles. The van der Waals surface area contributed by atoms with Crippen molar-refractivity contribution in [1.29, 1.82) is 0 Å². The summed E-state index contributed by atoms with van der Waals surface area (Å²) in [4.78, 5) is 11.9. The molecule has 0 aliphatic carbocycles. The van der Waals surface area contributed by atoms with Crippen molar-refractivity contribution in [2.24, 2.45) is 11.1 Å². The molecule has 1 amide bonds. The van der Waals surface area contributed by atoms with E-state index in [1.54, 1.807) is 0 Å². The lowest BCUT2D eigenvalue weighted by Gasteiger charge is -2.25. The molecular formula is C13H19N5O. The molecule has 0 aliphatic heterocycles. The zero-order valence-electron chi connectivity index (χ0n) is 11.4. The van der Waals surface area contributed by atoms with Gasteiger partial charge in [0.2, 0.25) is 5.91 Å². The molecule has 2 aromatic rings. The monoisotopic (exact) mass is 261 g/mol. The fourth-order valence-corrected chi connectivity index (χ4v) is 1.68. The average molecular weight is 261 g/mol. The van der Waals surface area contributed by atoms with Crippen LogP contribution in [0.4, 0.5) is 0 Å². The van der Waals surface area contributed by atoms with Crippen molar-refractivity contribution in [2.45, 2.75) is 33.4 Å². The Labute approximate surface area is 112 Å². The maximum Gasteiger partial charge on any atom is 0.237 e. The molecule has 2 heterocycles. The molecule has 0 aliphatic rings. The summed E-state index contributed by atoms with van der Waals surface area (Å²) in [6.07, 6.45) is 1.86. The smallest absolute Gasteiger partial charge is 0.237 e. The van der Waals surface area contributed by atoms with Gasteiger partial charge < -0.3 is 11.1 Å². The van der Waals surface area contributed by atoms with Crippen molar-refractivity contribution >= 4 is 11.6 Å². The second kappa shape index (κ2) is 4.97. The Hall–Kier alpha value is -1.95. The number of hydrogen-bond acceptors (Lipinski definition) is 4. The number of nitrogens with two attached hydrogens (primary N) is 1. The third kappa shape index (κ3) is 2.90. The van der Waals surface area contributed by atoms with Gasteiger partial charge in [-0.25, -0.2) is 0 Å². The van der Waals surface area contributed by atoms with Gasteiger partial charge in [-0.05, 0) is 17.5 Å². The number of nitrogens with zero attached hydrogens (tertiary/aromatic N) is 3. The second-order valence-corrected chi connectivity index (χ2v) is 5.61. The number of carbonyl (C=O) groups is 1. The highest BCUT2D eigenvalue weighted by molar-refractivity contribution is 5.82. The minimum Gasteiger partial charge on any atom is -0.347 e. The molecule has 19 heavy (non-hydrogen) atoms. The number of rotatable bonds is 3. The lowest BCUT2D eigenvalue weighted by atomic mass is 9.87. The van der Waals surface area contributed by atoms with Crippen LogP contribution in [0.2, 0.25) is 0 Å². The van der Waals surface area contributed by atoms with E-state index >= 15 is 0 Å². The SMILES string of the molecule is CC(C)(C)[C@H](N)C(=O)NCc1nnc2ccccn12. The van der Waals surface area contributed by atoms with Gasteiger partial charge in [-0.2, -0.15) is 0 Å². The molecule has 0 fully saturated rings. The normalized spacial score (nSPS) is 13.5. The molecule has 102 valence electrons. The fraction of sp³-hybridized carbons (Fsp3) is 0.462. The predicted molar refractivity (Wildman–Crippen MR) is 72.3 cm³/mol. The highest BCUT2D eigenvalue weighted by Gasteiger charge is 2.27. The van der Waals surface area contributed by atoms with Gasteiger partial charge in [0.15, 0.2) is 11.5 Å². The maximum atomic E-state index is 11.9. The van der Waals surface area contributed by atoms with E-state index in [0.717, 1.165) is 5.65 Å². The molecule has 0 spiro atoms. The largest absolute Gasteiger partial charge is 0.347 e. The standard InChI is InChI=1S/C13H19N5O/c1-13(2,3)11(14)12(19)15-8-10-17-16-9-6-4-5-7-18(9)10/h4-7,11H,8,14H2,1-3H3,(H,15,19)/t11-/m1/s1. The van der Waals surface area contributed by atoms with Crippen LogP contribution in [0.1, 0.15) is 26.6 Å². The van der Waals surface area contributed by atoms with Crippen molar-refractivity contribution in [1.82, 2.24) is 19.9 Å². The summed E-state index contributed by atoms with van der Waals surface area (Å²) < 4.78 is 1.84. The summed E-state index contributed by atoms with van der Waals surface area (Å²) >= 11 is 0. The van der Waals surface area contributed by atoms with Crippen LogP contribution in [0.25, 0.3) is 5.65 Å². The first-order valence-corrected chi connectivity index (χ1v) is 6.21. The molecule has 1 atom stereocenters. The van der Waals surface area contributed by atoms with Crippen LogP contribution in [0, 0.1) is 5.41 Å². The maximum absolute atomic E-state index is 11.9. The van der Waals surface area contributed by atoms with Gasteiger partial charge in [0.25, 0.3) is 0 Å². The minimum atomic E-state index is -0.549. The van der Waals surface area contributed by atoms with Crippen LogP contribution in [0.3, 0.4) is 0 Å². The van der Waals surface area contributed by atoms with Crippen molar-refractivity contribution in [2.75, 3.05) is 0 Å². The van der Waals surface area contributed by atoms with Gasteiger partial charge in [0.05, 0.1) is 12.6 Å². The molecule has 6 heteroatoms. The van der Waals surface area contributed by atoms with Crippen molar-refractivity contribution in [3.63, 3.8) is 0 Å². The third-order valence-electron chi connectivity index (χ3n) is 3.02. The number of nitrogens with one attached hydrogen (secondary N) is 1. The highest BCUT2D eigenvalue weighted by atomic mass is 16.2. The summed E-state index contributed by atoms with van der Waals surface area (Å²) in [5, 5.41) is 10.9. The summed E-state index contributed by atoms with van der Waals surface area (Å²) in [7, 11) is 0. The van der Waals surface area contributed by atoms with Crippen LogP contribution in [-0.4, -0.2) is 26.5 Å². The van der Waals surface area contributed by atoms with E-state index in [9.17, 15) is 4.79 Å². The van der Waals surface area contributed by atoms with Gasteiger partial charge in [-0.3, -0.25) is 9.20 Å². The van der Waals surface area contributed by atoms with Crippen molar-refractivity contribution < 1.29 is 4.79 Å². The van der Waals surface area contributed by atoms with Crippen molar-refractivity contribution in [3.05, 3.63) is 30.2 Å². The third-order valence-corrected chi connectivity index (χ3v) is 3.02. The molecule has 0 radical (unpaired) electrons. The van der Waals surface area contributed by atoms with Crippen LogP contribution < -0.4 is 11.1 Å². The molecule has 6 nitrogen and oxygen atoms in total. The number of fused-ring (bicyclic) bond motifs is 1. The second-order valence-electron chi connectivity index (χ2n) is 5.61.